The maximum Gasteiger partial charge on any atom is 0.306 e. The van der Waals surface area contributed by atoms with Gasteiger partial charge in [0.05, 0.1) is 0 Å². The van der Waals surface area contributed by atoms with Crippen LogP contribution in [-0.2, 0) is 28.6 Å². The van der Waals surface area contributed by atoms with Gasteiger partial charge in [0.1, 0.15) is 13.2 Å². The molecule has 0 amide bonds. The van der Waals surface area contributed by atoms with E-state index in [0.29, 0.717) is 19.3 Å². The van der Waals surface area contributed by atoms with Gasteiger partial charge in [-0.05, 0) is 83.5 Å². The number of rotatable bonds is 65. The molecule has 0 bridgehead atoms. The number of esters is 3. The molecule has 0 N–H and O–H groups in total. The minimum absolute atomic E-state index is 0.0759. The molecule has 6 nitrogen and oxygen atoms in total. The first kappa shape index (κ1) is 76.4. The van der Waals surface area contributed by atoms with Crippen LogP contribution in [-0.4, -0.2) is 37.2 Å². The average molecular weight is 1110 g/mol. The Bertz CT molecular complexity index is 1360. The van der Waals surface area contributed by atoms with Crippen molar-refractivity contribution in [2.24, 2.45) is 0 Å². The highest BCUT2D eigenvalue weighted by Crippen LogP contribution is 2.18. The fourth-order valence-corrected chi connectivity index (χ4v) is 10.5. The quantitative estimate of drug-likeness (QED) is 0.0261. The van der Waals surface area contributed by atoms with E-state index in [1.54, 1.807) is 0 Å². The van der Waals surface area contributed by atoms with Crippen molar-refractivity contribution in [1.29, 1.82) is 0 Å². The lowest BCUT2D eigenvalue weighted by atomic mass is 10.0. The second-order valence-electron chi connectivity index (χ2n) is 23.8. The van der Waals surface area contributed by atoms with Crippen LogP contribution >= 0.6 is 0 Å². The Hall–Kier alpha value is -2.63. The monoisotopic (exact) mass is 1110 g/mol. The van der Waals surface area contributed by atoms with E-state index >= 15 is 0 Å². The zero-order valence-corrected chi connectivity index (χ0v) is 53.2. The smallest absolute Gasteiger partial charge is 0.306 e. The van der Waals surface area contributed by atoms with Gasteiger partial charge in [-0.25, -0.2) is 0 Å². The molecule has 1 unspecified atom stereocenters. The molecule has 0 aliphatic heterocycles. The summed E-state index contributed by atoms with van der Waals surface area (Å²) in [5.41, 5.74) is 0. The van der Waals surface area contributed by atoms with Gasteiger partial charge in [-0.15, -0.1) is 0 Å². The average Bonchev–Trinajstić information content (AvgIpc) is 3.45. The third-order valence-electron chi connectivity index (χ3n) is 15.8. The third kappa shape index (κ3) is 66.1. The molecule has 0 fully saturated rings. The van der Waals surface area contributed by atoms with Crippen LogP contribution in [0.3, 0.4) is 0 Å². The summed E-state index contributed by atoms with van der Waals surface area (Å²) < 4.78 is 17.0. The second-order valence-corrected chi connectivity index (χ2v) is 23.8. The van der Waals surface area contributed by atoms with Gasteiger partial charge >= 0.3 is 17.9 Å². The molecule has 0 saturated heterocycles. The van der Waals surface area contributed by atoms with Crippen LogP contribution in [0.5, 0.6) is 0 Å². The van der Waals surface area contributed by atoms with Crippen molar-refractivity contribution in [2.75, 3.05) is 13.2 Å². The second kappa shape index (κ2) is 67.9. The summed E-state index contributed by atoms with van der Waals surface area (Å²) in [4.78, 5) is 38.4. The van der Waals surface area contributed by atoms with Gasteiger partial charge in [0.2, 0.25) is 0 Å². The van der Waals surface area contributed by atoms with Crippen molar-refractivity contribution >= 4 is 17.9 Å². The molecule has 0 aromatic heterocycles. The summed E-state index contributed by atoms with van der Waals surface area (Å²) in [5.74, 6) is -0.867. The minimum Gasteiger partial charge on any atom is -0.462 e. The fourth-order valence-electron chi connectivity index (χ4n) is 10.5. The van der Waals surface area contributed by atoms with Gasteiger partial charge in [0, 0.05) is 19.3 Å². The molecule has 0 aromatic carbocycles. The number of carbonyl (C=O) groups excluding carboxylic acids is 3. The molecule has 0 saturated carbocycles. The van der Waals surface area contributed by atoms with E-state index in [9.17, 15) is 14.4 Å². The highest BCUT2D eigenvalue weighted by Gasteiger charge is 2.19. The van der Waals surface area contributed by atoms with Gasteiger partial charge in [-0.1, -0.05) is 326 Å². The number of ether oxygens (including phenoxy) is 3. The molecule has 79 heavy (non-hydrogen) atoms. The number of carbonyl (C=O) groups is 3. The highest BCUT2D eigenvalue weighted by molar-refractivity contribution is 5.71. The Kier molecular flexibility index (Phi) is 65.6. The van der Waals surface area contributed by atoms with E-state index in [2.05, 4.69) is 69.4 Å². The van der Waals surface area contributed by atoms with E-state index in [4.69, 9.17) is 14.2 Å². The first-order valence-corrected chi connectivity index (χ1v) is 35.1. The first-order valence-electron chi connectivity index (χ1n) is 35.1. The van der Waals surface area contributed by atoms with Crippen molar-refractivity contribution in [1.82, 2.24) is 0 Å². The largest absolute Gasteiger partial charge is 0.462 e. The summed E-state index contributed by atoms with van der Waals surface area (Å²) in [7, 11) is 0. The maximum absolute atomic E-state index is 12.9. The first-order chi connectivity index (χ1) is 39.0. The Morgan fingerprint density at radius 1 is 0.253 bits per heavy atom. The van der Waals surface area contributed by atoms with Crippen LogP contribution < -0.4 is 0 Å². The Labute approximate surface area is 492 Å². The number of unbranched alkanes of at least 4 members (excludes halogenated alkanes) is 46. The molecule has 0 spiro atoms. The number of allylic oxidation sites excluding steroid dienone is 8. The summed E-state index contributed by atoms with van der Waals surface area (Å²) in [5, 5.41) is 0. The van der Waals surface area contributed by atoms with Gasteiger partial charge in [0.25, 0.3) is 0 Å². The van der Waals surface area contributed by atoms with Crippen LogP contribution in [0, 0.1) is 0 Å². The van der Waals surface area contributed by atoms with Crippen molar-refractivity contribution < 1.29 is 28.6 Å². The standard InChI is InChI=1S/C73H134O6/c1-4-7-10-13-16-19-22-25-28-31-33-34-35-36-37-38-40-42-45-48-51-54-57-60-63-66-72(75)78-69-70(68-77-71(74)65-62-59-56-53-50-47-44-41-30-27-24-21-18-15-12-9-6-3)79-73(76)67-64-61-58-55-52-49-46-43-39-32-29-26-23-20-17-14-11-8-5-2/h17,20,26-27,29-30,39,43,70H,4-16,18-19,21-25,28,31-38,40-42,44-69H2,1-3H3/b20-17-,29-26-,30-27-,43-39-. The normalized spacial score (nSPS) is 12.3. The van der Waals surface area contributed by atoms with Crippen molar-refractivity contribution in [2.45, 2.75) is 386 Å². The summed E-state index contributed by atoms with van der Waals surface area (Å²) in [6.45, 7) is 6.66. The Morgan fingerprint density at radius 3 is 0.747 bits per heavy atom. The van der Waals surface area contributed by atoms with Gasteiger partial charge in [0.15, 0.2) is 6.10 Å². The Balaban J connectivity index is 4.31. The van der Waals surface area contributed by atoms with Crippen LogP contribution in [0.4, 0.5) is 0 Å². The van der Waals surface area contributed by atoms with Gasteiger partial charge in [-0.2, -0.15) is 0 Å². The lowest BCUT2D eigenvalue weighted by molar-refractivity contribution is -0.167. The molecule has 0 heterocycles. The lowest BCUT2D eigenvalue weighted by Crippen LogP contribution is -2.30. The summed E-state index contributed by atoms with van der Waals surface area (Å²) in [6, 6.07) is 0. The zero-order valence-electron chi connectivity index (χ0n) is 53.2. The molecule has 0 aromatic rings. The van der Waals surface area contributed by atoms with Crippen LogP contribution in [0.25, 0.3) is 0 Å². The van der Waals surface area contributed by atoms with E-state index < -0.39 is 6.10 Å². The lowest BCUT2D eigenvalue weighted by Gasteiger charge is -2.18. The van der Waals surface area contributed by atoms with Crippen LogP contribution in [0.2, 0.25) is 0 Å². The summed E-state index contributed by atoms with van der Waals surface area (Å²) >= 11 is 0. The van der Waals surface area contributed by atoms with Crippen molar-refractivity contribution in [3.8, 4) is 0 Å². The number of hydrogen-bond acceptors (Lipinski definition) is 6. The van der Waals surface area contributed by atoms with Crippen molar-refractivity contribution in [3.63, 3.8) is 0 Å². The van der Waals surface area contributed by atoms with Gasteiger partial charge in [-0.3, -0.25) is 14.4 Å². The third-order valence-corrected chi connectivity index (χ3v) is 15.8. The number of hydrogen-bond donors (Lipinski definition) is 0. The fraction of sp³-hybridized carbons (Fsp3) is 0.849. The predicted octanol–water partition coefficient (Wildman–Crippen LogP) is 24.1. The van der Waals surface area contributed by atoms with E-state index in [-0.39, 0.29) is 31.1 Å². The van der Waals surface area contributed by atoms with E-state index in [1.807, 2.05) is 0 Å². The van der Waals surface area contributed by atoms with E-state index in [1.165, 1.54) is 263 Å². The van der Waals surface area contributed by atoms with E-state index in [0.717, 1.165) is 77.0 Å². The maximum atomic E-state index is 12.9. The summed E-state index contributed by atoms with van der Waals surface area (Å²) in [6.07, 6.45) is 85.6. The van der Waals surface area contributed by atoms with Crippen LogP contribution in [0.1, 0.15) is 380 Å². The molecule has 0 rings (SSSR count). The van der Waals surface area contributed by atoms with Crippen molar-refractivity contribution in [3.05, 3.63) is 48.6 Å². The Morgan fingerprint density at radius 2 is 0.456 bits per heavy atom. The molecule has 0 aliphatic rings. The molecule has 0 radical (unpaired) electrons. The molecular formula is C73H134O6. The SMILES string of the molecule is CCCCC/C=C\C/C=C\C/C=C\CCCCCCCCC(=O)OC(COC(=O)CCCCCCCCC/C=C\CCCCCCCC)COC(=O)CCCCCCCCCCCCCCCCCCCCCCCCCCC. The molecule has 0 aliphatic carbocycles. The van der Waals surface area contributed by atoms with Gasteiger partial charge < -0.3 is 14.2 Å². The molecular weight excluding hydrogens is 973 g/mol. The highest BCUT2D eigenvalue weighted by atomic mass is 16.6. The molecule has 6 heteroatoms. The minimum atomic E-state index is -0.782. The predicted molar refractivity (Wildman–Crippen MR) is 344 cm³/mol. The van der Waals surface area contributed by atoms with Crippen LogP contribution in [0.15, 0.2) is 48.6 Å². The molecule has 1 atom stereocenters. The molecule has 462 valence electrons. The zero-order chi connectivity index (χ0) is 57.1. The topological polar surface area (TPSA) is 78.9 Å².